The first kappa shape index (κ1) is 24.3. The summed E-state index contributed by atoms with van der Waals surface area (Å²) in [4.78, 5) is 15.8. The van der Waals surface area contributed by atoms with Gasteiger partial charge in [-0.1, -0.05) is 36.4 Å². The average Bonchev–Trinajstić information content (AvgIpc) is 3.36. The first-order valence-electron chi connectivity index (χ1n) is 12.4. The Bertz CT molecular complexity index is 1430. The molecule has 3 aromatic heterocycles. The number of nitrogens with one attached hydrogen (secondary N) is 1. The zero-order valence-corrected chi connectivity index (χ0v) is 21.1. The maximum Gasteiger partial charge on any atom is 0.233 e. The average molecular weight is 495 g/mol. The lowest BCUT2D eigenvalue weighted by atomic mass is 10.1. The van der Waals surface area contributed by atoms with Crippen molar-refractivity contribution in [2.45, 2.75) is 12.8 Å². The number of hydrogen-bond acceptors (Lipinski definition) is 8. The highest BCUT2D eigenvalue weighted by molar-refractivity contribution is 5.82. The van der Waals surface area contributed by atoms with Crippen molar-refractivity contribution in [3.63, 3.8) is 0 Å². The minimum Gasteiger partial charge on any atom is -0.477 e. The molecule has 2 aromatic carbocycles. The van der Waals surface area contributed by atoms with Crippen LogP contribution in [0.5, 0.6) is 5.88 Å². The number of nitrogens with zero attached hydrogens (tertiary/aromatic N) is 7. The Morgan fingerprint density at radius 3 is 2.65 bits per heavy atom. The van der Waals surface area contributed by atoms with Crippen LogP contribution in [0.15, 0.2) is 79.3 Å². The van der Waals surface area contributed by atoms with E-state index in [-0.39, 0.29) is 0 Å². The second kappa shape index (κ2) is 11.6. The van der Waals surface area contributed by atoms with Crippen molar-refractivity contribution in [3.8, 4) is 23.0 Å². The van der Waals surface area contributed by atoms with Crippen molar-refractivity contribution in [3.05, 3.63) is 84.8 Å². The van der Waals surface area contributed by atoms with E-state index in [4.69, 9.17) is 4.74 Å². The Balaban J connectivity index is 1.25. The lowest BCUT2D eigenvalue weighted by Crippen LogP contribution is -2.15. The third-order valence-corrected chi connectivity index (χ3v) is 5.91. The molecule has 188 valence electrons. The van der Waals surface area contributed by atoms with Gasteiger partial charge in [-0.3, -0.25) is 4.57 Å². The lowest BCUT2D eigenvalue weighted by Gasteiger charge is -2.09. The van der Waals surface area contributed by atoms with Gasteiger partial charge in [0.1, 0.15) is 12.1 Å². The Labute approximate surface area is 216 Å². The number of benzene rings is 2. The van der Waals surface area contributed by atoms with Gasteiger partial charge in [0, 0.05) is 30.9 Å². The van der Waals surface area contributed by atoms with Crippen molar-refractivity contribution in [1.29, 1.82) is 0 Å². The monoisotopic (exact) mass is 494 g/mol. The molecule has 0 spiro atoms. The van der Waals surface area contributed by atoms with Gasteiger partial charge in [-0.25, -0.2) is 9.97 Å². The van der Waals surface area contributed by atoms with Crippen LogP contribution in [-0.4, -0.2) is 68.4 Å². The Morgan fingerprint density at radius 2 is 1.84 bits per heavy atom. The van der Waals surface area contributed by atoms with Crippen LogP contribution >= 0.6 is 0 Å². The van der Waals surface area contributed by atoms with Crippen LogP contribution in [0, 0.1) is 0 Å². The van der Waals surface area contributed by atoms with E-state index in [0.717, 1.165) is 54.0 Å². The van der Waals surface area contributed by atoms with Crippen LogP contribution in [0.1, 0.15) is 12.0 Å². The van der Waals surface area contributed by atoms with E-state index in [1.807, 2.05) is 73.3 Å². The van der Waals surface area contributed by atoms with E-state index in [9.17, 15) is 0 Å². The Morgan fingerprint density at radius 1 is 0.946 bits per heavy atom. The molecule has 0 radical (unpaired) electrons. The number of fused-ring (bicyclic) bond motifs is 1. The molecule has 0 bridgehead atoms. The van der Waals surface area contributed by atoms with Crippen LogP contribution in [0.25, 0.3) is 28.1 Å². The fourth-order valence-electron chi connectivity index (χ4n) is 3.99. The number of hydrogen-bond donors (Lipinski definition) is 1. The van der Waals surface area contributed by atoms with Gasteiger partial charge in [-0.05, 0) is 56.8 Å². The summed E-state index contributed by atoms with van der Waals surface area (Å²) in [6.07, 6.45) is 5.37. The molecule has 37 heavy (non-hydrogen) atoms. The lowest BCUT2D eigenvalue weighted by molar-refractivity contribution is 0.271. The Kier molecular flexibility index (Phi) is 7.61. The van der Waals surface area contributed by atoms with Gasteiger partial charge in [0.05, 0.1) is 23.3 Å². The van der Waals surface area contributed by atoms with E-state index in [1.54, 1.807) is 12.5 Å². The number of aromatic nitrogens is 6. The number of imidazole rings is 1. The summed E-state index contributed by atoms with van der Waals surface area (Å²) in [6.45, 7) is 2.34. The van der Waals surface area contributed by atoms with Crippen molar-refractivity contribution in [2.75, 3.05) is 39.1 Å². The van der Waals surface area contributed by atoms with Crippen molar-refractivity contribution < 1.29 is 4.74 Å². The van der Waals surface area contributed by atoms with E-state index in [2.05, 4.69) is 47.5 Å². The predicted molar refractivity (Wildman–Crippen MR) is 145 cm³/mol. The van der Waals surface area contributed by atoms with Crippen molar-refractivity contribution in [2.24, 2.45) is 0 Å². The highest BCUT2D eigenvalue weighted by atomic mass is 16.5. The molecular formula is C28H30N8O. The molecule has 9 nitrogen and oxygen atoms in total. The van der Waals surface area contributed by atoms with Gasteiger partial charge in [0.25, 0.3) is 0 Å². The van der Waals surface area contributed by atoms with Gasteiger partial charge in [-0.15, -0.1) is 10.2 Å². The van der Waals surface area contributed by atoms with Gasteiger partial charge in [-0.2, -0.15) is 4.98 Å². The second-order valence-corrected chi connectivity index (χ2v) is 8.98. The topological polar surface area (TPSA) is 93.9 Å². The molecule has 0 atom stereocenters. The van der Waals surface area contributed by atoms with Crippen LogP contribution in [0.4, 0.5) is 5.95 Å². The molecule has 9 heteroatoms. The minimum absolute atomic E-state index is 0.532. The summed E-state index contributed by atoms with van der Waals surface area (Å²) in [5.74, 6) is 1.87. The fourth-order valence-corrected chi connectivity index (χ4v) is 3.99. The zero-order chi connectivity index (χ0) is 25.5. The third kappa shape index (κ3) is 6.25. The number of anilines is 1. The standard InChI is InChI=1S/C28H30N8O/c1-35(2)17-6-18-37-27-12-10-23(33-34-27)22-9-11-25-24(19-22)31-20-36(25)26-14-16-30-28(32-26)29-15-13-21-7-4-3-5-8-21/h3-5,7-12,14,16,19-20H,6,13,15,17-18H2,1-2H3,(H,29,30,32). The predicted octanol–water partition coefficient (Wildman–Crippen LogP) is 4.26. The molecule has 0 aliphatic carbocycles. The van der Waals surface area contributed by atoms with Gasteiger partial charge >= 0.3 is 0 Å². The van der Waals surface area contributed by atoms with E-state index in [1.165, 1.54) is 5.56 Å². The summed E-state index contributed by atoms with van der Waals surface area (Å²) >= 11 is 0. The Hall–Kier alpha value is -4.37. The second-order valence-electron chi connectivity index (χ2n) is 8.98. The van der Waals surface area contributed by atoms with Gasteiger partial charge in [0.15, 0.2) is 0 Å². The summed E-state index contributed by atoms with van der Waals surface area (Å²) in [5.41, 5.74) is 4.78. The fraction of sp³-hybridized carbons (Fsp3) is 0.250. The smallest absolute Gasteiger partial charge is 0.233 e. The molecule has 1 N–H and O–H groups in total. The van der Waals surface area contributed by atoms with Crippen LogP contribution in [0.3, 0.4) is 0 Å². The molecular weight excluding hydrogens is 464 g/mol. The highest BCUT2D eigenvalue weighted by Crippen LogP contribution is 2.24. The molecule has 0 saturated carbocycles. The first-order valence-corrected chi connectivity index (χ1v) is 12.4. The largest absolute Gasteiger partial charge is 0.477 e. The first-order chi connectivity index (χ1) is 18.2. The van der Waals surface area contributed by atoms with Crippen molar-refractivity contribution in [1.82, 2.24) is 34.6 Å². The molecule has 0 unspecified atom stereocenters. The normalized spacial score (nSPS) is 11.2. The van der Waals surface area contributed by atoms with Gasteiger partial charge in [0.2, 0.25) is 11.8 Å². The van der Waals surface area contributed by atoms with Crippen LogP contribution in [-0.2, 0) is 6.42 Å². The maximum atomic E-state index is 5.69. The highest BCUT2D eigenvalue weighted by Gasteiger charge is 2.10. The van der Waals surface area contributed by atoms with Crippen LogP contribution < -0.4 is 10.1 Å². The van der Waals surface area contributed by atoms with E-state index < -0.39 is 0 Å². The van der Waals surface area contributed by atoms with Gasteiger partial charge < -0.3 is 15.0 Å². The third-order valence-electron chi connectivity index (χ3n) is 5.91. The summed E-state index contributed by atoms with van der Waals surface area (Å²) in [7, 11) is 4.09. The molecule has 5 aromatic rings. The number of ether oxygens (including phenoxy) is 1. The molecule has 0 amide bonds. The SMILES string of the molecule is CN(C)CCCOc1ccc(-c2ccc3c(c2)ncn3-c2ccnc(NCCc3ccccc3)n2)nn1. The summed E-state index contributed by atoms with van der Waals surface area (Å²) < 4.78 is 7.65. The summed E-state index contributed by atoms with van der Waals surface area (Å²) in [5, 5.41) is 11.9. The zero-order valence-electron chi connectivity index (χ0n) is 21.1. The maximum absolute atomic E-state index is 5.69. The number of rotatable bonds is 11. The molecule has 3 heterocycles. The molecule has 0 aliphatic rings. The molecule has 0 aliphatic heterocycles. The quantitative estimate of drug-likeness (QED) is 0.272. The molecule has 0 fully saturated rings. The van der Waals surface area contributed by atoms with E-state index in [0.29, 0.717) is 18.4 Å². The minimum atomic E-state index is 0.532. The molecule has 5 rings (SSSR count). The van der Waals surface area contributed by atoms with Crippen molar-refractivity contribution >= 4 is 17.0 Å². The van der Waals surface area contributed by atoms with Crippen LogP contribution in [0.2, 0.25) is 0 Å². The van der Waals surface area contributed by atoms with E-state index >= 15 is 0 Å². The molecule has 0 saturated heterocycles. The summed E-state index contributed by atoms with van der Waals surface area (Å²) in [6, 6.07) is 22.1.